The van der Waals surface area contributed by atoms with E-state index in [9.17, 15) is 4.79 Å². The summed E-state index contributed by atoms with van der Waals surface area (Å²) in [6.45, 7) is 0. The van der Waals surface area contributed by atoms with Gasteiger partial charge in [-0.25, -0.2) is 4.79 Å². The molecule has 0 aliphatic carbocycles. The molecule has 0 saturated heterocycles. The average molecular weight is 252 g/mol. The first-order valence-corrected chi connectivity index (χ1v) is 4.74. The van der Waals surface area contributed by atoms with Crippen LogP contribution in [0.4, 0.5) is 0 Å². The Bertz CT molecular complexity index is 510. The molecule has 2 aromatic rings. The molecule has 0 bridgehead atoms. The molecule has 2 rings (SSSR count). The Hall–Kier alpha value is -1.42. The molecule has 0 atom stereocenters. The third-order valence-corrected chi connectivity index (χ3v) is 2.59. The number of aromatic nitrogens is 1. The first kappa shape index (κ1) is 9.15. The minimum Gasteiger partial charge on any atom is -0.478 e. The molecular formula is C10H6BrNO2. The van der Waals surface area contributed by atoms with Gasteiger partial charge in [-0.15, -0.1) is 0 Å². The number of carboxylic acid groups (broad SMARTS) is 1. The predicted molar refractivity (Wildman–Crippen MR) is 56.4 cm³/mol. The number of pyridine rings is 1. The van der Waals surface area contributed by atoms with Gasteiger partial charge in [0, 0.05) is 22.3 Å². The lowest BCUT2D eigenvalue weighted by Crippen LogP contribution is -1.95. The predicted octanol–water partition coefficient (Wildman–Crippen LogP) is 2.70. The Morgan fingerprint density at radius 1 is 1.36 bits per heavy atom. The second-order valence-electron chi connectivity index (χ2n) is 2.86. The number of rotatable bonds is 1. The lowest BCUT2D eigenvalue weighted by molar-refractivity contribution is 0.0697. The van der Waals surface area contributed by atoms with Gasteiger partial charge in [-0.3, -0.25) is 4.98 Å². The van der Waals surface area contributed by atoms with E-state index < -0.39 is 5.97 Å². The SMILES string of the molecule is O=C(O)c1ccc2cncc(Br)c2c1. The van der Waals surface area contributed by atoms with E-state index in [-0.39, 0.29) is 5.56 Å². The van der Waals surface area contributed by atoms with E-state index in [0.717, 1.165) is 15.2 Å². The summed E-state index contributed by atoms with van der Waals surface area (Å²) in [4.78, 5) is 14.7. The van der Waals surface area contributed by atoms with Crippen LogP contribution in [0.1, 0.15) is 10.4 Å². The topological polar surface area (TPSA) is 50.2 Å². The highest BCUT2D eigenvalue weighted by Gasteiger charge is 2.05. The Labute approximate surface area is 88.5 Å². The van der Waals surface area contributed by atoms with Crippen LogP contribution in [0.3, 0.4) is 0 Å². The molecule has 0 aliphatic rings. The standard InChI is InChI=1S/C10H6BrNO2/c11-9-5-12-4-7-2-1-6(10(13)14)3-8(7)9/h1-5H,(H,13,14). The molecule has 4 heteroatoms. The van der Waals surface area contributed by atoms with E-state index in [1.807, 2.05) is 0 Å². The zero-order chi connectivity index (χ0) is 10.1. The van der Waals surface area contributed by atoms with Crippen LogP contribution in [-0.2, 0) is 0 Å². The summed E-state index contributed by atoms with van der Waals surface area (Å²) >= 11 is 3.32. The lowest BCUT2D eigenvalue weighted by atomic mass is 10.1. The quantitative estimate of drug-likeness (QED) is 0.848. The van der Waals surface area contributed by atoms with Gasteiger partial charge in [0.1, 0.15) is 0 Å². The fourth-order valence-corrected chi connectivity index (χ4v) is 1.72. The lowest BCUT2D eigenvalue weighted by Gasteiger charge is -2.00. The number of hydrogen-bond donors (Lipinski definition) is 1. The van der Waals surface area contributed by atoms with Crippen LogP contribution in [0, 0.1) is 0 Å². The van der Waals surface area contributed by atoms with Gasteiger partial charge in [0.05, 0.1) is 5.56 Å². The summed E-state index contributed by atoms with van der Waals surface area (Å²) in [5.74, 6) is -0.921. The van der Waals surface area contributed by atoms with Crippen LogP contribution in [0.15, 0.2) is 35.1 Å². The zero-order valence-electron chi connectivity index (χ0n) is 7.07. The fourth-order valence-electron chi connectivity index (χ4n) is 1.26. The van der Waals surface area contributed by atoms with Crippen molar-refractivity contribution < 1.29 is 9.90 Å². The molecule has 0 radical (unpaired) electrons. The maximum absolute atomic E-state index is 10.7. The summed E-state index contributed by atoms with van der Waals surface area (Å²) in [7, 11) is 0. The number of halogens is 1. The molecule has 0 fully saturated rings. The van der Waals surface area contributed by atoms with Crippen molar-refractivity contribution in [3.05, 3.63) is 40.6 Å². The maximum Gasteiger partial charge on any atom is 0.335 e. The molecule has 0 aliphatic heterocycles. The van der Waals surface area contributed by atoms with Crippen molar-refractivity contribution in [1.29, 1.82) is 0 Å². The largest absolute Gasteiger partial charge is 0.478 e. The number of hydrogen-bond acceptors (Lipinski definition) is 2. The number of carboxylic acids is 1. The van der Waals surface area contributed by atoms with Crippen molar-refractivity contribution in [2.75, 3.05) is 0 Å². The molecule has 1 aromatic carbocycles. The van der Waals surface area contributed by atoms with Crippen LogP contribution < -0.4 is 0 Å². The van der Waals surface area contributed by atoms with Crippen LogP contribution >= 0.6 is 15.9 Å². The molecule has 1 aromatic heterocycles. The first-order chi connectivity index (χ1) is 6.68. The number of aromatic carboxylic acids is 1. The molecule has 0 unspecified atom stereocenters. The molecule has 14 heavy (non-hydrogen) atoms. The first-order valence-electron chi connectivity index (χ1n) is 3.95. The number of fused-ring (bicyclic) bond motifs is 1. The van der Waals surface area contributed by atoms with Gasteiger partial charge in [-0.1, -0.05) is 6.07 Å². The van der Waals surface area contributed by atoms with Gasteiger partial charge in [-0.2, -0.15) is 0 Å². The second kappa shape index (κ2) is 3.38. The molecule has 0 amide bonds. The highest BCUT2D eigenvalue weighted by molar-refractivity contribution is 9.10. The highest BCUT2D eigenvalue weighted by atomic mass is 79.9. The van der Waals surface area contributed by atoms with Crippen molar-refractivity contribution in [2.24, 2.45) is 0 Å². The molecule has 0 saturated carbocycles. The van der Waals surface area contributed by atoms with Gasteiger partial charge in [0.2, 0.25) is 0 Å². The van der Waals surface area contributed by atoms with Gasteiger partial charge in [-0.05, 0) is 33.4 Å². The van der Waals surface area contributed by atoms with Crippen molar-refractivity contribution in [2.45, 2.75) is 0 Å². The van der Waals surface area contributed by atoms with E-state index in [0.29, 0.717) is 0 Å². The summed E-state index contributed by atoms with van der Waals surface area (Å²) in [6.07, 6.45) is 3.35. The van der Waals surface area contributed by atoms with Gasteiger partial charge >= 0.3 is 5.97 Å². The van der Waals surface area contributed by atoms with Crippen molar-refractivity contribution >= 4 is 32.7 Å². The molecule has 1 heterocycles. The number of benzene rings is 1. The molecule has 0 spiro atoms. The second-order valence-corrected chi connectivity index (χ2v) is 3.72. The van der Waals surface area contributed by atoms with Crippen LogP contribution in [0.2, 0.25) is 0 Å². The molecule has 70 valence electrons. The Morgan fingerprint density at radius 3 is 2.86 bits per heavy atom. The number of nitrogens with zero attached hydrogens (tertiary/aromatic N) is 1. The van der Waals surface area contributed by atoms with E-state index in [1.54, 1.807) is 30.6 Å². The minimum absolute atomic E-state index is 0.282. The van der Waals surface area contributed by atoms with Gasteiger partial charge in [0.25, 0.3) is 0 Å². The third-order valence-electron chi connectivity index (χ3n) is 1.96. The van der Waals surface area contributed by atoms with Crippen LogP contribution in [0.5, 0.6) is 0 Å². The highest BCUT2D eigenvalue weighted by Crippen LogP contribution is 2.23. The summed E-state index contributed by atoms with van der Waals surface area (Å²) < 4.78 is 0.804. The minimum atomic E-state index is -0.921. The van der Waals surface area contributed by atoms with Crippen LogP contribution in [-0.4, -0.2) is 16.1 Å². The van der Waals surface area contributed by atoms with Crippen LogP contribution in [0.25, 0.3) is 10.8 Å². The number of carbonyl (C=O) groups is 1. The van der Waals surface area contributed by atoms with Crippen molar-refractivity contribution in [1.82, 2.24) is 4.98 Å². The van der Waals surface area contributed by atoms with E-state index >= 15 is 0 Å². The Kier molecular flexibility index (Phi) is 2.21. The Balaban J connectivity index is 2.76. The molecule has 1 N–H and O–H groups in total. The maximum atomic E-state index is 10.7. The van der Waals surface area contributed by atoms with E-state index in [4.69, 9.17) is 5.11 Å². The normalized spacial score (nSPS) is 10.4. The summed E-state index contributed by atoms with van der Waals surface area (Å²) in [6, 6.07) is 4.94. The van der Waals surface area contributed by atoms with E-state index in [2.05, 4.69) is 20.9 Å². The molecule has 3 nitrogen and oxygen atoms in total. The van der Waals surface area contributed by atoms with Crippen molar-refractivity contribution in [3.8, 4) is 0 Å². The molecular weight excluding hydrogens is 246 g/mol. The Morgan fingerprint density at radius 2 is 2.14 bits per heavy atom. The van der Waals surface area contributed by atoms with E-state index in [1.165, 1.54) is 0 Å². The zero-order valence-corrected chi connectivity index (χ0v) is 8.65. The summed E-state index contributed by atoms with van der Waals surface area (Å²) in [5, 5.41) is 10.6. The van der Waals surface area contributed by atoms with Gasteiger partial charge in [0.15, 0.2) is 0 Å². The van der Waals surface area contributed by atoms with Gasteiger partial charge < -0.3 is 5.11 Å². The summed E-state index contributed by atoms with van der Waals surface area (Å²) in [5.41, 5.74) is 0.282. The van der Waals surface area contributed by atoms with Crippen molar-refractivity contribution in [3.63, 3.8) is 0 Å². The smallest absolute Gasteiger partial charge is 0.335 e. The average Bonchev–Trinajstić information content (AvgIpc) is 2.18. The third kappa shape index (κ3) is 1.48. The fraction of sp³-hybridized carbons (Fsp3) is 0. The monoisotopic (exact) mass is 251 g/mol.